The zero-order valence-electron chi connectivity index (χ0n) is 35.4. The van der Waals surface area contributed by atoms with Gasteiger partial charge in [-0.25, -0.2) is 4.39 Å². The summed E-state index contributed by atoms with van der Waals surface area (Å²) >= 11 is 0. The van der Waals surface area contributed by atoms with E-state index < -0.39 is 23.6 Å². The molecule has 1 aromatic heterocycles. The first kappa shape index (κ1) is 44.2. The Kier molecular flexibility index (Phi) is 14.5. The molecule has 4 aromatic rings. The Bertz CT molecular complexity index is 2290. The molecular weight excluding hydrogens is 788 g/mol. The Morgan fingerprint density at radius 1 is 1.05 bits per heavy atom. The summed E-state index contributed by atoms with van der Waals surface area (Å²) in [6.07, 6.45) is 8.58. The molecule has 324 valence electrons. The smallest absolute Gasteiger partial charge is 0.254 e. The maximum absolute atomic E-state index is 15.1. The van der Waals surface area contributed by atoms with E-state index in [9.17, 15) is 19.9 Å². The number of hydrogen-bond acceptors (Lipinski definition) is 10. The third kappa shape index (κ3) is 9.45. The SMILES string of the molecule is C=CCO[C@@]12Oc3ccc(OCc4cccc(C)n4)cc3[C@H]3[C@H](CCCCO)[C@@H](CCCCO)C=C(C(=NOC)C[C@@H]1N(Cc1ccc(F)cc1)C(=O)c1ccc(C#N)cc1)[C@H]32. The lowest BCUT2D eigenvalue weighted by atomic mass is 9.55. The lowest BCUT2D eigenvalue weighted by Gasteiger charge is -2.60. The van der Waals surface area contributed by atoms with E-state index in [4.69, 9.17) is 19.0 Å². The van der Waals surface area contributed by atoms with Crippen molar-refractivity contribution in [1.29, 1.82) is 5.26 Å². The molecule has 7 rings (SSSR count). The fraction of sp³-hybridized carbons (Fsp3) is 0.400. The highest BCUT2D eigenvalue weighted by Crippen LogP contribution is 2.62. The third-order valence-electron chi connectivity index (χ3n) is 12.3. The first-order chi connectivity index (χ1) is 30.2. The Labute approximate surface area is 363 Å². The number of nitriles is 1. The Morgan fingerprint density at radius 3 is 2.50 bits per heavy atom. The summed E-state index contributed by atoms with van der Waals surface area (Å²) < 4.78 is 35.2. The molecule has 1 aliphatic heterocycles. The number of aryl methyl sites for hydroxylation is 1. The molecule has 0 bridgehead atoms. The van der Waals surface area contributed by atoms with Crippen molar-refractivity contribution in [2.45, 2.75) is 82.8 Å². The van der Waals surface area contributed by atoms with Crippen LogP contribution in [-0.2, 0) is 22.7 Å². The van der Waals surface area contributed by atoms with Gasteiger partial charge in [0.2, 0.25) is 5.79 Å². The normalized spacial score (nSPS) is 22.9. The van der Waals surface area contributed by atoms with Crippen molar-refractivity contribution in [2.75, 3.05) is 26.9 Å². The molecule has 12 heteroatoms. The second kappa shape index (κ2) is 20.3. The van der Waals surface area contributed by atoms with Crippen LogP contribution < -0.4 is 9.47 Å². The van der Waals surface area contributed by atoms with Gasteiger partial charge >= 0.3 is 0 Å². The Morgan fingerprint density at radius 2 is 1.81 bits per heavy atom. The highest BCUT2D eigenvalue weighted by molar-refractivity contribution is 6.03. The number of carbonyl (C=O) groups excluding carboxylic acids is 1. The zero-order valence-corrected chi connectivity index (χ0v) is 35.4. The van der Waals surface area contributed by atoms with Crippen LogP contribution in [0.1, 0.15) is 89.3 Å². The van der Waals surface area contributed by atoms with Crippen molar-refractivity contribution in [3.63, 3.8) is 0 Å². The van der Waals surface area contributed by atoms with Crippen molar-refractivity contribution in [3.8, 4) is 17.6 Å². The summed E-state index contributed by atoms with van der Waals surface area (Å²) in [4.78, 5) is 27.1. The number of aliphatic hydroxyl groups excluding tert-OH is 2. The zero-order chi connectivity index (χ0) is 43.6. The number of nitrogens with zero attached hydrogens (tertiary/aromatic N) is 4. The molecule has 3 aromatic carbocycles. The third-order valence-corrected chi connectivity index (χ3v) is 12.3. The molecule has 3 aliphatic rings. The summed E-state index contributed by atoms with van der Waals surface area (Å²) in [5, 5.41) is 34.1. The molecule has 1 saturated carbocycles. The van der Waals surface area contributed by atoms with Gasteiger partial charge in [-0.1, -0.05) is 48.3 Å². The van der Waals surface area contributed by atoms with E-state index in [-0.39, 0.29) is 63.1 Å². The molecule has 2 heterocycles. The van der Waals surface area contributed by atoms with E-state index in [1.54, 1.807) is 47.4 Å². The lowest BCUT2D eigenvalue weighted by Crippen LogP contribution is -2.70. The van der Waals surface area contributed by atoms with E-state index in [2.05, 4.69) is 34.9 Å². The summed E-state index contributed by atoms with van der Waals surface area (Å²) in [7, 11) is 1.51. The summed E-state index contributed by atoms with van der Waals surface area (Å²) in [6, 6.07) is 25.5. The molecule has 62 heavy (non-hydrogen) atoms. The minimum Gasteiger partial charge on any atom is -0.487 e. The van der Waals surface area contributed by atoms with Gasteiger partial charge < -0.3 is 34.2 Å². The lowest BCUT2D eigenvalue weighted by molar-refractivity contribution is -0.255. The number of fused-ring (bicyclic) bond motifs is 2. The molecule has 11 nitrogen and oxygen atoms in total. The standard InChI is InChI=1S/C50H55FN4O7/c1-4-26-61-50-46(55(31-35-16-20-38(51)21-17-35)49(58)36-18-14-34(30-52)15-19-36)29-44(54-59-3)42-27-37(11-5-7-24-56)41(13-6-8-25-57)47(48(42)50)43-28-40(22-23-45(43)62-50)60-32-39-12-9-10-33(2)53-39/h4,9-10,12,14-23,27-28,37,41,46-48,56-57H,1,5-8,11,13,24-26,29,31-32H2,2-3H3/t37-,41+,46-,47+,48+,50+/m0/s1. The Balaban J connectivity index is 1.44. The number of pyridine rings is 1. The van der Waals surface area contributed by atoms with E-state index in [1.807, 2.05) is 37.3 Å². The summed E-state index contributed by atoms with van der Waals surface area (Å²) in [6.45, 7) is 6.54. The number of allylic oxidation sites excluding steroid dienone is 1. The van der Waals surface area contributed by atoms with E-state index in [0.29, 0.717) is 46.7 Å². The van der Waals surface area contributed by atoms with E-state index in [1.165, 1.54) is 19.2 Å². The number of halogens is 1. The van der Waals surface area contributed by atoms with Crippen LogP contribution in [0.4, 0.5) is 4.39 Å². The first-order valence-corrected chi connectivity index (χ1v) is 21.5. The maximum Gasteiger partial charge on any atom is 0.254 e. The van der Waals surface area contributed by atoms with Gasteiger partial charge in [-0.15, -0.1) is 6.58 Å². The predicted octanol–water partition coefficient (Wildman–Crippen LogP) is 8.59. The fourth-order valence-corrected chi connectivity index (χ4v) is 9.65. The van der Waals surface area contributed by atoms with E-state index in [0.717, 1.165) is 48.2 Å². The first-order valence-electron chi connectivity index (χ1n) is 21.5. The molecular formula is C50H55FN4O7. The van der Waals surface area contributed by atoms with Crippen LogP contribution in [0.3, 0.4) is 0 Å². The topological polar surface area (TPSA) is 147 Å². The molecule has 6 atom stereocenters. The van der Waals surface area contributed by atoms with Crippen molar-refractivity contribution in [3.05, 3.63) is 149 Å². The van der Waals surface area contributed by atoms with Crippen LogP contribution in [-0.4, -0.2) is 70.5 Å². The van der Waals surface area contributed by atoms with Crippen molar-refractivity contribution in [1.82, 2.24) is 9.88 Å². The number of aromatic nitrogens is 1. The van der Waals surface area contributed by atoms with Gasteiger partial charge in [0.1, 0.15) is 37.1 Å². The molecule has 0 radical (unpaired) electrons. The van der Waals surface area contributed by atoms with Crippen molar-refractivity contribution in [2.24, 2.45) is 22.9 Å². The van der Waals surface area contributed by atoms with Crippen LogP contribution in [0.2, 0.25) is 0 Å². The van der Waals surface area contributed by atoms with Crippen LogP contribution in [0.25, 0.3) is 0 Å². The number of amides is 1. The van der Waals surface area contributed by atoms with Crippen molar-refractivity contribution >= 4 is 11.6 Å². The molecule has 2 aliphatic carbocycles. The van der Waals surface area contributed by atoms with Gasteiger partial charge in [0, 0.05) is 48.9 Å². The molecule has 1 amide bonds. The molecule has 0 saturated heterocycles. The minimum absolute atomic E-state index is 0.0133. The fourth-order valence-electron chi connectivity index (χ4n) is 9.65. The number of benzene rings is 3. The van der Waals surface area contributed by atoms with Gasteiger partial charge in [-0.05, 0) is 122 Å². The number of hydrogen-bond donors (Lipinski definition) is 2. The average molecular weight is 843 g/mol. The van der Waals surface area contributed by atoms with Crippen molar-refractivity contribution < 1.29 is 38.4 Å². The van der Waals surface area contributed by atoms with Gasteiger partial charge in [0.15, 0.2) is 0 Å². The monoisotopic (exact) mass is 842 g/mol. The number of ether oxygens (including phenoxy) is 3. The van der Waals surface area contributed by atoms with Gasteiger partial charge in [0.05, 0.1) is 35.6 Å². The molecule has 1 fully saturated rings. The van der Waals surface area contributed by atoms with Crippen LogP contribution in [0.15, 0.2) is 114 Å². The second-order valence-corrected chi connectivity index (χ2v) is 16.3. The average Bonchev–Trinajstić information content (AvgIpc) is 3.29. The van der Waals surface area contributed by atoms with Gasteiger partial charge in [-0.2, -0.15) is 5.26 Å². The largest absolute Gasteiger partial charge is 0.487 e. The van der Waals surface area contributed by atoms with Gasteiger partial charge in [0.25, 0.3) is 5.91 Å². The predicted molar refractivity (Wildman–Crippen MR) is 233 cm³/mol. The molecule has 0 unspecified atom stereocenters. The molecule has 0 spiro atoms. The summed E-state index contributed by atoms with van der Waals surface area (Å²) in [5.41, 5.74) is 5.62. The van der Waals surface area contributed by atoms with Crippen LogP contribution >= 0.6 is 0 Å². The number of oxime groups is 1. The quantitative estimate of drug-likeness (QED) is 0.0539. The number of unbranched alkanes of at least 4 members (excludes halogenated alkanes) is 2. The maximum atomic E-state index is 15.1. The highest BCUT2D eigenvalue weighted by Gasteiger charge is 2.65. The number of aliphatic hydroxyl groups is 2. The number of rotatable bonds is 19. The Hall–Kier alpha value is -5.87. The minimum atomic E-state index is -1.51. The second-order valence-electron chi connectivity index (χ2n) is 16.3. The van der Waals surface area contributed by atoms with Crippen LogP contribution in [0, 0.1) is 41.8 Å². The summed E-state index contributed by atoms with van der Waals surface area (Å²) in [5.74, 6) is -1.75. The number of carbonyl (C=O) groups is 1. The molecule has 2 N–H and O–H groups in total. The van der Waals surface area contributed by atoms with Crippen LogP contribution in [0.5, 0.6) is 11.5 Å². The van der Waals surface area contributed by atoms with E-state index >= 15 is 4.79 Å². The highest BCUT2D eigenvalue weighted by atomic mass is 19.1. The van der Waals surface area contributed by atoms with Gasteiger partial charge in [-0.3, -0.25) is 9.78 Å².